The summed E-state index contributed by atoms with van der Waals surface area (Å²) in [6.07, 6.45) is 2.72. The van der Waals surface area contributed by atoms with Gasteiger partial charge in [-0.15, -0.1) is 0 Å². The lowest BCUT2D eigenvalue weighted by molar-refractivity contribution is -0.214. The van der Waals surface area contributed by atoms with Gasteiger partial charge in [-0.25, -0.2) is 0 Å². The van der Waals surface area contributed by atoms with Crippen LogP contribution in [0, 0.1) is 0 Å². The number of hydrogen-bond acceptors (Lipinski definition) is 3. The Balaban J connectivity index is 2.32. The summed E-state index contributed by atoms with van der Waals surface area (Å²) in [6, 6.07) is 0.581. The van der Waals surface area contributed by atoms with Gasteiger partial charge in [0, 0.05) is 6.04 Å². The molecule has 1 unspecified atom stereocenters. The molecule has 0 radical (unpaired) electrons. The lowest BCUT2D eigenvalue weighted by Gasteiger charge is -2.27. The molecular formula is C8H18N2O. The van der Waals surface area contributed by atoms with Crippen molar-refractivity contribution < 1.29 is 4.84 Å². The third-order valence-electron chi connectivity index (χ3n) is 1.64. The van der Waals surface area contributed by atoms with Crippen LogP contribution in [-0.4, -0.2) is 23.4 Å². The molecule has 0 spiro atoms. The first kappa shape index (κ1) is 8.97. The second-order valence-corrected chi connectivity index (χ2v) is 3.49. The summed E-state index contributed by atoms with van der Waals surface area (Å²) in [5.41, 5.74) is 5.73. The fourth-order valence-electron chi connectivity index (χ4n) is 1.09. The van der Waals surface area contributed by atoms with Crippen LogP contribution in [0.15, 0.2) is 0 Å². The first-order valence-corrected chi connectivity index (χ1v) is 4.32. The molecular weight excluding hydrogens is 140 g/mol. The zero-order chi connectivity index (χ0) is 8.43. The van der Waals surface area contributed by atoms with Crippen molar-refractivity contribution >= 4 is 0 Å². The Hall–Kier alpha value is -0.120. The minimum Gasteiger partial charge on any atom is -0.314 e. The summed E-state index contributed by atoms with van der Waals surface area (Å²) in [6.45, 7) is 6.01. The van der Waals surface area contributed by atoms with E-state index < -0.39 is 0 Å². The SMILES string of the molecule is CC(C)ON(C(C)N)C1CC1. The molecule has 0 bridgehead atoms. The maximum atomic E-state index is 5.73. The Kier molecular flexibility index (Phi) is 2.87. The van der Waals surface area contributed by atoms with Gasteiger partial charge < -0.3 is 5.73 Å². The van der Waals surface area contributed by atoms with Gasteiger partial charge in [0.05, 0.1) is 12.3 Å². The van der Waals surface area contributed by atoms with Crippen LogP contribution in [0.1, 0.15) is 33.6 Å². The van der Waals surface area contributed by atoms with E-state index in [2.05, 4.69) is 0 Å². The molecule has 66 valence electrons. The first-order valence-electron chi connectivity index (χ1n) is 4.32. The second kappa shape index (κ2) is 3.52. The smallest absolute Gasteiger partial charge is 0.0793 e. The maximum absolute atomic E-state index is 5.73. The first-order chi connectivity index (χ1) is 5.11. The molecule has 0 aromatic rings. The quantitative estimate of drug-likeness (QED) is 0.492. The summed E-state index contributed by atoms with van der Waals surface area (Å²) >= 11 is 0. The molecule has 1 aliphatic carbocycles. The van der Waals surface area contributed by atoms with Gasteiger partial charge in [0.25, 0.3) is 0 Å². The molecule has 11 heavy (non-hydrogen) atoms. The predicted octanol–water partition coefficient (Wildman–Crippen LogP) is 1.10. The van der Waals surface area contributed by atoms with Gasteiger partial charge in [0.2, 0.25) is 0 Å². The number of hydroxylamine groups is 2. The monoisotopic (exact) mass is 158 g/mol. The van der Waals surface area contributed by atoms with Crippen LogP contribution in [0.5, 0.6) is 0 Å². The Morgan fingerprint density at radius 2 is 1.91 bits per heavy atom. The van der Waals surface area contributed by atoms with E-state index in [9.17, 15) is 0 Å². The zero-order valence-corrected chi connectivity index (χ0v) is 7.58. The fraction of sp³-hybridized carbons (Fsp3) is 1.00. The van der Waals surface area contributed by atoms with Gasteiger partial charge in [0.15, 0.2) is 0 Å². The lowest BCUT2D eigenvalue weighted by atomic mass is 10.5. The molecule has 3 heteroatoms. The van der Waals surface area contributed by atoms with Gasteiger partial charge in [-0.3, -0.25) is 4.84 Å². The minimum absolute atomic E-state index is 0.0184. The molecule has 0 aromatic heterocycles. The van der Waals surface area contributed by atoms with E-state index in [-0.39, 0.29) is 12.3 Å². The van der Waals surface area contributed by atoms with Crippen molar-refractivity contribution in [2.75, 3.05) is 0 Å². The van der Waals surface area contributed by atoms with Crippen molar-refractivity contribution in [2.45, 2.75) is 51.9 Å². The second-order valence-electron chi connectivity index (χ2n) is 3.49. The number of hydrogen-bond donors (Lipinski definition) is 1. The largest absolute Gasteiger partial charge is 0.314 e. The van der Waals surface area contributed by atoms with Crippen molar-refractivity contribution in [1.29, 1.82) is 0 Å². The van der Waals surface area contributed by atoms with E-state index >= 15 is 0 Å². The van der Waals surface area contributed by atoms with Gasteiger partial charge in [-0.1, -0.05) is 0 Å². The molecule has 1 fully saturated rings. The van der Waals surface area contributed by atoms with Crippen LogP contribution in [0.4, 0.5) is 0 Å². The summed E-state index contributed by atoms with van der Waals surface area (Å²) in [5.74, 6) is 0. The fourth-order valence-corrected chi connectivity index (χ4v) is 1.09. The summed E-state index contributed by atoms with van der Waals surface area (Å²) in [4.78, 5) is 5.54. The van der Waals surface area contributed by atoms with E-state index in [1.165, 1.54) is 12.8 Å². The minimum atomic E-state index is 0.0184. The maximum Gasteiger partial charge on any atom is 0.0793 e. The van der Waals surface area contributed by atoms with Gasteiger partial charge in [0.1, 0.15) is 0 Å². The van der Waals surface area contributed by atoms with Crippen LogP contribution in [0.25, 0.3) is 0 Å². The highest BCUT2D eigenvalue weighted by Gasteiger charge is 2.32. The third kappa shape index (κ3) is 2.77. The van der Waals surface area contributed by atoms with Crippen molar-refractivity contribution in [3.63, 3.8) is 0 Å². The molecule has 1 atom stereocenters. The molecule has 0 aliphatic heterocycles. The topological polar surface area (TPSA) is 38.5 Å². The molecule has 3 nitrogen and oxygen atoms in total. The third-order valence-corrected chi connectivity index (χ3v) is 1.64. The average Bonchev–Trinajstić information content (AvgIpc) is 2.63. The normalized spacial score (nSPS) is 21.3. The van der Waals surface area contributed by atoms with Gasteiger partial charge in [-0.2, -0.15) is 5.06 Å². The van der Waals surface area contributed by atoms with Crippen LogP contribution in [-0.2, 0) is 4.84 Å². The van der Waals surface area contributed by atoms with Crippen molar-refractivity contribution in [1.82, 2.24) is 5.06 Å². The standard InChI is InChI=1S/C8H18N2O/c1-6(2)11-10(7(3)9)8-4-5-8/h6-8H,4-5,9H2,1-3H3. The van der Waals surface area contributed by atoms with E-state index in [1.807, 2.05) is 25.8 Å². The highest BCUT2D eigenvalue weighted by molar-refractivity contribution is 4.81. The van der Waals surface area contributed by atoms with Crippen molar-refractivity contribution in [3.05, 3.63) is 0 Å². The van der Waals surface area contributed by atoms with E-state index in [0.29, 0.717) is 6.04 Å². The Morgan fingerprint density at radius 1 is 1.36 bits per heavy atom. The molecule has 0 amide bonds. The van der Waals surface area contributed by atoms with Crippen molar-refractivity contribution in [3.8, 4) is 0 Å². The highest BCUT2D eigenvalue weighted by atomic mass is 16.7. The van der Waals surface area contributed by atoms with Crippen LogP contribution in [0.2, 0.25) is 0 Å². The summed E-state index contributed by atoms with van der Waals surface area (Å²) in [5, 5.41) is 1.92. The Labute approximate surface area is 68.5 Å². The van der Waals surface area contributed by atoms with E-state index in [1.54, 1.807) is 0 Å². The molecule has 1 rings (SSSR count). The molecule has 2 N–H and O–H groups in total. The Morgan fingerprint density at radius 3 is 2.18 bits per heavy atom. The van der Waals surface area contributed by atoms with Crippen LogP contribution >= 0.6 is 0 Å². The highest BCUT2D eigenvalue weighted by Crippen LogP contribution is 2.28. The van der Waals surface area contributed by atoms with E-state index in [4.69, 9.17) is 10.6 Å². The number of nitrogens with zero attached hydrogens (tertiary/aromatic N) is 1. The van der Waals surface area contributed by atoms with Crippen LogP contribution < -0.4 is 5.73 Å². The van der Waals surface area contributed by atoms with Gasteiger partial charge in [-0.05, 0) is 33.6 Å². The molecule has 0 heterocycles. The molecule has 0 aromatic carbocycles. The van der Waals surface area contributed by atoms with Gasteiger partial charge >= 0.3 is 0 Å². The summed E-state index contributed by atoms with van der Waals surface area (Å²) in [7, 11) is 0. The molecule has 0 saturated heterocycles. The zero-order valence-electron chi connectivity index (χ0n) is 7.58. The van der Waals surface area contributed by atoms with E-state index in [0.717, 1.165) is 0 Å². The van der Waals surface area contributed by atoms with Crippen molar-refractivity contribution in [2.24, 2.45) is 5.73 Å². The summed E-state index contributed by atoms with van der Waals surface area (Å²) < 4.78 is 0. The Bertz CT molecular complexity index is 119. The number of rotatable bonds is 4. The molecule has 1 saturated carbocycles. The predicted molar refractivity (Wildman–Crippen MR) is 44.7 cm³/mol. The lowest BCUT2D eigenvalue weighted by Crippen LogP contribution is -2.42. The molecule has 1 aliphatic rings. The average molecular weight is 158 g/mol. The van der Waals surface area contributed by atoms with Crippen LogP contribution in [0.3, 0.4) is 0 Å². The number of nitrogens with two attached hydrogens (primary N) is 1.